The molecule has 14 heavy (non-hydrogen) atoms. The first-order valence-electron chi connectivity index (χ1n) is 5.89. The molecule has 0 bridgehead atoms. The number of rotatable bonds is 7. The maximum Gasteiger partial charge on any atom is 0.0667 e. The Kier molecular flexibility index (Phi) is 7.20. The van der Waals surface area contributed by atoms with E-state index in [1.54, 1.807) is 0 Å². The second kappa shape index (κ2) is 7.24. The topological polar surface area (TPSA) is 23.5 Å². The molecule has 0 aromatic heterocycles. The summed E-state index contributed by atoms with van der Waals surface area (Å²) in [5.41, 5.74) is 0. The van der Waals surface area contributed by atoms with Crippen molar-refractivity contribution >= 4 is 0 Å². The minimum Gasteiger partial charge on any atom is -0.392 e. The van der Waals surface area contributed by atoms with Crippen molar-refractivity contribution in [3.63, 3.8) is 0 Å². The van der Waals surface area contributed by atoms with Gasteiger partial charge < -0.3 is 5.11 Å². The van der Waals surface area contributed by atoms with Crippen LogP contribution in [0.25, 0.3) is 0 Å². The van der Waals surface area contributed by atoms with E-state index in [-0.39, 0.29) is 6.10 Å². The molecule has 0 aliphatic heterocycles. The van der Waals surface area contributed by atoms with Crippen LogP contribution in [0.5, 0.6) is 0 Å². The highest BCUT2D eigenvalue weighted by molar-refractivity contribution is 4.69. The predicted octanol–water partition coefficient (Wildman–Crippen LogP) is 2.51. The summed E-state index contributed by atoms with van der Waals surface area (Å²) in [6.45, 7) is 12.9. The summed E-state index contributed by atoms with van der Waals surface area (Å²) < 4.78 is 0. The lowest BCUT2D eigenvalue weighted by Gasteiger charge is -2.30. The molecule has 86 valence electrons. The lowest BCUT2D eigenvalue weighted by Crippen LogP contribution is -2.39. The summed E-state index contributed by atoms with van der Waals surface area (Å²) in [7, 11) is 0. The molecular weight excluding hydrogens is 174 g/mol. The molecule has 0 spiro atoms. The normalized spacial score (nSPS) is 14.4. The Morgan fingerprint density at radius 2 is 1.64 bits per heavy atom. The molecule has 0 rings (SSSR count). The third-order valence-electron chi connectivity index (χ3n) is 2.40. The molecular formula is C12H27NO. The molecule has 2 heteroatoms. The molecule has 2 nitrogen and oxygen atoms in total. The zero-order valence-electron chi connectivity index (χ0n) is 10.5. The average Bonchev–Trinajstić information content (AvgIpc) is 2.02. The molecule has 0 aliphatic rings. The van der Waals surface area contributed by atoms with Crippen molar-refractivity contribution < 1.29 is 5.11 Å². The quantitative estimate of drug-likeness (QED) is 0.684. The third kappa shape index (κ3) is 6.39. The summed E-state index contributed by atoms with van der Waals surface area (Å²) in [5, 5.41) is 9.74. The van der Waals surface area contributed by atoms with Gasteiger partial charge in [0, 0.05) is 19.1 Å². The van der Waals surface area contributed by atoms with Crippen LogP contribution in [0.2, 0.25) is 0 Å². The van der Waals surface area contributed by atoms with E-state index in [4.69, 9.17) is 0 Å². The maximum absolute atomic E-state index is 9.74. The average molecular weight is 201 g/mol. The highest BCUT2D eigenvalue weighted by atomic mass is 16.3. The Balaban J connectivity index is 3.95. The molecule has 1 unspecified atom stereocenters. The van der Waals surface area contributed by atoms with Crippen LogP contribution in [-0.2, 0) is 0 Å². The van der Waals surface area contributed by atoms with Gasteiger partial charge >= 0.3 is 0 Å². The minimum absolute atomic E-state index is 0.152. The number of aliphatic hydroxyl groups excluding tert-OH is 1. The van der Waals surface area contributed by atoms with E-state index in [1.807, 2.05) is 0 Å². The Hall–Kier alpha value is -0.0800. The van der Waals surface area contributed by atoms with Gasteiger partial charge in [0.05, 0.1) is 6.10 Å². The molecule has 0 amide bonds. The smallest absolute Gasteiger partial charge is 0.0667 e. The maximum atomic E-state index is 9.74. The van der Waals surface area contributed by atoms with Crippen LogP contribution in [0.1, 0.15) is 47.5 Å². The number of nitrogens with zero attached hydrogens (tertiary/aromatic N) is 1. The molecule has 0 heterocycles. The second-order valence-corrected chi connectivity index (χ2v) is 4.88. The highest BCUT2D eigenvalue weighted by Gasteiger charge is 2.14. The summed E-state index contributed by atoms with van der Waals surface area (Å²) in [6.07, 6.45) is 1.83. The standard InChI is InChI=1S/C12H27NO/c1-6-7-12(14)9-13(11(4)5)8-10(2)3/h10-12,14H,6-9H2,1-5H3. The van der Waals surface area contributed by atoms with E-state index in [1.165, 1.54) is 0 Å². The van der Waals surface area contributed by atoms with E-state index >= 15 is 0 Å². The van der Waals surface area contributed by atoms with Crippen molar-refractivity contribution in [2.45, 2.75) is 59.6 Å². The van der Waals surface area contributed by atoms with Gasteiger partial charge in [0.25, 0.3) is 0 Å². The zero-order chi connectivity index (χ0) is 11.1. The van der Waals surface area contributed by atoms with Crippen LogP contribution >= 0.6 is 0 Å². The molecule has 1 atom stereocenters. The summed E-state index contributed by atoms with van der Waals surface area (Å²) >= 11 is 0. The Morgan fingerprint density at radius 1 is 1.07 bits per heavy atom. The van der Waals surface area contributed by atoms with Gasteiger partial charge in [-0.25, -0.2) is 0 Å². The molecule has 0 fully saturated rings. The van der Waals surface area contributed by atoms with Crippen molar-refractivity contribution in [1.82, 2.24) is 4.90 Å². The van der Waals surface area contributed by atoms with E-state index in [2.05, 4.69) is 39.5 Å². The van der Waals surface area contributed by atoms with Gasteiger partial charge in [-0.1, -0.05) is 27.2 Å². The van der Waals surface area contributed by atoms with Crippen molar-refractivity contribution in [3.05, 3.63) is 0 Å². The fourth-order valence-corrected chi connectivity index (χ4v) is 1.66. The number of hydrogen-bond acceptors (Lipinski definition) is 2. The van der Waals surface area contributed by atoms with E-state index in [0.29, 0.717) is 12.0 Å². The van der Waals surface area contributed by atoms with Crippen molar-refractivity contribution in [2.75, 3.05) is 13.1 Å². The SMILES string of the molecule is CCCC(O)CN(CC(C)C)C(C)C. The predicted molar refractivity (Wildman–Crippen MR) is 62.5 cm³/mol. The number of hydrogen-bond donors (Lipinski definition) is 1. The van der Waals surface area contributed by atoms with E-state index in [9.17, 15) is 5.11 Å². The van der Waals surface area contributed by atoms with Crippen molar-refractivity contribution in [3.8, 4) is 0 Å². The molecule has 1 N–H and O–H groups in total. The van der Waals surface area contributed by atoms with Gasteiger partial charge in [-0.15, -0.1) is 0 Å². The van der Waals surface area contributed by atoms with Crippen LogP contribution in [0.15, 0.2) is 0 Å². The highest BCUT2D eigenvalue weighted by Crippen LogP contribution is 2.07. The lowest BCUT2D eigenvalue weighted by atomic mass is 10.1. The Bertz CT molecular complexity index is 134. The number of aliphatic hydroxyl groups is 1. The monoisotopic (exact) mass is 201 g/mol. The molecule has 0 radical (unpaired) electrons. The van der Waals surface area contributed by atoms with Gasteiger partial charge in [-0.05, 0) is 26.2 Å². The zero-order valence-corrected chi connectivity index (χ0v) is 10.5. The first kappa shape index (κ1) is 13.9. The first-order chi connectivity index (χ1) is 6.47. The third-order valence-corrected chi connectivity index (χ3v) is 2.40. The molecule has 0 saturated heterocycles. The second-order valence-electron chi connectivity index (χ2n) is 4.88. The van der Waals surface area contributed by atoms with Crippen LogP contribution in [0, 0.1) is 5.92 Å². The summed E-state index contributed by atoms with van der Waals surface area (Å²) in [4.78, 5) is 2.37. The van der Waals surface area contributed by atoms with Crippen LogP contribution in [0.4, 0.5) is 0 Å². The Morgan fingerprint density at radius 3 is 2.00 bits per heavy atom. The molecule has 0 saturated carbocycles. The molecule has 0 aromatic carbocycles. The minimum atomic E-state index is -0.152. The first-order valence-corrected chi connectivity index (χ1v) is 5.89. The summed E-state index contributed by atoms with van der Waals surface area (Å²) in [6, 6.07) is 0.531. The van der Waals surface area contributed by atoms with Crippen LogP contribution < -0.4 is 0 Å². The fourth-order valence-electron chi connectivity index (χ4n) is 1.66. The van der Waals surface area contributed by atoms with Gasteiger partial charge in [0.15, 0.2) is 0 Å². The largest absolute Gasteiger partial charge is 0.392 e. The molecule has 0 aliphatic carbocycles. The van der Waals surface area contributed by atoms with E-state index in [0.717, 1.165) is 25.9 Å². The van der Waals surface area contributed by atoms with Gasteiger partial charge in [0.2, 0.25) is 0 Å². The van der Waals surface area contributed by atoms with Gasteiger partial charge in [0.1, 0.15) is 0 Å². The molecule has 0 aromatic rings. The lowest BCUT2D eigenvalue weighted by molar-refractivity contribution is 0.0816. The van der Waals surface area contributed by atoms with Gasteiger partial charge in [-0.2, -0.15) is 0 Å². The van der Waals surface area contributed by atoms with Crippen molar-refractivity contribution in [2.24, 2.45) is 5.92 Å². The van der Waals surface area contributed by atoms with Crippen molar-refractivity contribution in [1.29, 1.82) is 0 Å². The van der Waals surface area contributed by atoms with Gasteiger partial charge in [-0.3, -0.25) is 4.90 Å². The van der Waals surface area contributed by atoms with Crippen LogP contribution in [0.3, 0.4) is 0 Å². The van der Waals surface area contributed by atoms with Crippen LogP contribution in [-0.4, -0.2) is 35.2 Å². The fraction of sp³-hybridized carbons (Fsp3) is 1.00. The Labute approximate surface area is 89.3 Å². The van der Waals surface area contributed by atoms with E-state index < -0.39 is 0 Å². The summed E-state index contributed by atoms with van der Waals surface area (Å²) in [5.74, 6) is 0.672.